The number of hydrogen-bond acceptors (Lipinski definition) is 7. The maximum atomic E-state index is 12.1. The Balaban J connectivity index is 1.01. The van der Waals surface area contributed by atoms with Gasteiger partial charge in [-0.1, -0.05) is 6.42 Å². The standard InChI is InChI=1S/C26H36N4O4S2/c31-25(6-4-9-28-26(35)29-20-7-8-23-24(16-20)34-15-14-33-23)27-10-5-13-32-21-17-22(36-19-21)18-30-11-2-1-3-12-30/h7-8,16-17,19H,1-6,9-15,18H2,(H,27,31)(H2,28,29,35). The summed E-state index contributed by atoms with van der Waals surface area (Å²) in [6.07, 6.45) is 5.90. The molecule has 0 saturated carbocycles. The molecule has 36 heavy (non-hydrogen) atoms. The first-order valence-corrected chi connectivity index (χ1v) is 14.1. The van der Waals surface area contributed by atoms with Crippen LogP contribution in [-0.2, 0) is 11.3 Å². The summed E-state index contributed by atoms with van der Waals surface area (Å²) in [6, 6.07) is 7.78. The number of nitrogens with zero attached hydrogens (tertiary/aromatic N) is 1. The largest absolute Gasteiger partial charge is 0.493 e. The first-order chi connectivity index (χ1) is 17.7. The Morgan fingerprint density at radius 3 is 2.69 bits per heavy atom. The van der Waals surface area contributed by atoms with E-state index in [0.717, 1.165) is 30.2 Å². The lowest BCUT2D eigenvalue weighted by atomic mass is 10.1. The highest BCUT2D eigenvalue weighted by Crippen LogP contribution is 2.32. The second-order valence-corrected chi connectivity index (χ2v) is 10.4. The number of carbonyl (C=O) groups excluding carboxylic acids is 1. The second kappa shape index (κ2) is 14.2. The number of ether oxygens (including phenoxy) is 3. The molecule has 1 saturated heterocycles. The fraction of sp³-hybridized carbons (Fsp3) is 0.538. The Morgan fingerprint density at radius 1 is 1.03 bits per heavy atom. The molecule has 1 aromatic heterocycles. The number of thiocarbonyl (C=S) groups is 1. The minimum atomic E-state index is 0.0434. The third-order valence-electron chi connectivity index (χ3n) is 6.04. The predicted molar refractivity (Wildman–Crippen MR) is 147 cm³/mol. The van der Waals surface area contributed by atoms with Crippen LogP contribution in [0.1, 0.15) is 43.4 Å². The molecule has 0 bridgehead atoms. The van der Waals surface area contributed by atoms with E-state index in [1.807, 2.05) is 18.2 Å². The van der Waals surface area contributed by atoms with Crippen LogP contribution in [0.4, 0.5) is 5.69 Å². The Bertz CT molecular complexity index is 994. The van der Waals surface area contributed by atoms with Crippen molar-refractivity contribution in [2.24, 2.45) is 0 Å². The van der Waals surface area contributed by atoms with Gasteiger partial charge in [-0.05, 0) is 69.2 Å². The Kier molecular flexibility index (Phi) is 10.5. The zero-order valence-electron chi connectivity index (χ0n) is 20.7. The Labute approximate surface area is 222 Å². The molecule has 10 heteroatoms. The van der Waals surface area contributed by atoms with E-state index in [1.54, 1.807) is 11.3 Å². The van der Waals surface area contributed by atoms with Crippen molar-refractivity contribution in [1.29, 1.82) is 0 Å². The molecular formula is C26H36N4O4S2. The van der Waals surface area contributed by atoms with Crippen LogP contribution in [0.25, 0.3) is 0 Å². The highest BCUT2D eigenvalue weighted by molar-refractivity contribution is 7.80. The zero-order chi connectivity index (χ0) is 25.0. The van der Waals surface area contributed by atoms with Gasteiger partial charge in [-0.25, -0.2) is 0 Å². The molecule has 1 fully saturated rings. The van der Waals surface area contributed by atoms with Crippen LogP contribution in [0.2, 0.25) is 0 Å². The summed E-state index contributed by atoms with van der Waals surface area (Å²) in [5.41, 5.74) is 0.831. The number of piperidine rings is 1. The topological polar surface area (TPSA) is 84.1 Å². The van der Waals surface area contributed by atoms with E-state index in [9.17, 15) is 4.79 Å². The van der Waals surface area contributed by atoms with Crippen molar-refractivity contribution in [2.75, 3.05) is 51.3 Å². The number of rotatable bonds is 12. The van der Waals surface area contributed by atoms with Gasteiger partial charge < -0.3 is 30.2 Å². The first kappa shape index (κ1) is 26.5. The van der Waals surface area contributed by atoms with Crippen molar-refractivity contribution in [3.63, 3.8) is 0 Å². The van der Waals surface area contributed by atoms with Gasteiger partial charge in [-0.15, -0.1) is 11.3 Å². The highest BCUT2D eigenvalue weighted by Gasteiger charge is 2.13. The molecule has 0 radical (unpaired) electrons. The minimum Gasteiger partial charge on any atom is -0.493 e. The van der Waals surface area contributed by atoms with Crippen LogP contribution in [0.5, 0.6) is 17.2 Å². The van der Waals surface area contributed by atoms with Crippen LogP contribution < -0.4 is 30.2 Å². The molecule has 1 amide bonds. The van der Waals surface area contributed by atoms with Crippen LogP contribution in [0.3, 0.4) is 0 Å². The third kappa shape index (κ3) is 8.83. The lowest BCUT2D eigenvalue weighted by Crippen LogP contribution is -2.31. The number of thiophene rings is 1. The van der Waals surface area contributed by atoms with Crippen molar-refractivity contribution < 1.29 is 19.0 Å². The summed E-state index contributed by atoms with van der Waals surface area (Å²) >= 11 is 7.11. The number of carbonyl (C=O) groups is 1. The molecule has 0 unspecified atom stereocenters. The Morgan fingerprint density at radius 2 is 1.83 bits per heavy atom. The summed E-state index contributed by atoms with van der Waals surface area (Å²) in [5.74, 6) is 2.43. The number of fused-ring (bicyclic) bond motifs is 1. The third-order valence-corrected chi connectivity index (χ3v) is 7.18. The van der Waals surface area contributed by atoms with Crippen molar-refractivity contribution in [3.8, 4) is 17.2 Å². The first-order valence-electron chi connectivity index (χ1n) is 12.8. The van der Waals surface area contributed by atoms with Crippen molar-refractivity contribution in [1.82, 2.24) is 15.5 Å². The fourth-order valence-electron chi connectivity index (χ4n) is 4.18. The monoisotopic (exact) mass is 532 g/mol. The summed E-state index contributed by atoms with van der Waals surface area (Å²) in [7, 11) is 0. The number of benzene rings is 1. The fourth-order valence-corrected chi connectivity index (χ4v) is 5.25. The lowest BCUT2D eigenvalue weighted by Gasteiger charge is -2.25. The van der Waals surface area contributed by atoms with Gasteiger partial charge in [0.1, 0.15) is 19.0 Å². The minimum absolute atomic E-state index is 0.0434. The smallest absolute Gasteiger partial charge is 0.220 e. The molecule has 3 N–H and O–H groups in total. The van der Waals surface area contributed by atoms with Crippen molar-refractivity contribution >= 4 is 40.3 Å². The van der Waals surface area contributed by atoms with Gasteiger partial charge >= 0.3 is 0 Å². The molecule has 3 heterocycles. The van der Waals surface area contributed by atoms with E-state index in [2.05, 4.69) is 32.3 Å². The lowest BCUT2D eigenvalue weighted by molar-refractivity contribution is -0.121. The van der Waals surface area contributed by atoms with Gasteiger partial charge in [0.25, 0.3) is 0 Å². The van der Waals surface area contributed by atoms with Crippen molar-refractivity contribution in [2.45, 2.75) is 45.1 Å². The number of hydrogen-bond donors (Lipinski definition) is 3. The average Bonchev–Trinajstić information content (AvgIpc) is 3.34. The molecule has 8 nitrogen and oxygen atoms in total. The summed E-state index contributed by atoms with van der Waals surface area (Å²) in [5, 5.41) is 11.8. The number of likely N-dealkylation sites (tertiary alicyclic amines) is 1. The normalized spacial score (nSPS) is 15.2. The summed E-state index contributed by atoms with van der Waals surface area (Å²) < 4.78 is 17.0. The SMILES string of the molecule is O=C(CCCNC(=S)Nc1ccc2c(c1)OCCO2)NCCCOc1csc(CN2CCCCC2)c1. The summed E-state index contributed by atoms with van der Waals surface area (Å²) in [6.45, 7) is 6.37. The predicted octanol–water partition coefficient (Wildman–Crippen LogP) is 4.16. The zero-order valence-corrected chi connectivity index (χ0v) is 22.3. The molecular weight excluding hydrogens is 496 g/mol. The molecule has 4 rings (SSSR count). The molecule has 0 aliphatic carbocycles. The van der Waals surface area contributed by atoms with Gasteiger partial charge in [0, 0.05) is 48.1 Å². The average molecular weight is 533 g/mol. The number of amides is 1. The van der Waals surface area contributed by atoms with Gasteiger partial charge in [-0.3, -0.25) is 9.69 Å². The van der Waals surface area contributed by atoms with E-state index in [-0.39, 0.29) is 5.91 Å². The quantitative estimate of drug-likeness (QED) is 0.278. The molecule has 0 spiro atoms. The van der Waals surface area contributed by atoms with E-state index in [1.165, 1.54) is 37.2 Å². The van der Waals surface area contributed by atoms with E-state index < -0.39 is 0 Å². The molecule has 1 aromatic carbocycles. The van der Waals surface area contributed by atoms with Gasteiger partial charge in [0.2, 0.25) is 5.91 Å². The maximum Gasteiger partial charge on any atom is 0.220 e. The van der Waals surface area contributed by atoms with Crippen LogP contribution in [0, 0.1) is 0 Å². The van der Waals surface area contributed by atoms with Crippen LogP contribution in [-0.4, -0.2) is 61.9 Å². The van der Waals surface area contributed by atoms with Crippen LogP contribution in [0.15, 0.2) is 29.6 Å². The molecule has 2 aromatic rings. The molecule has 2 aliphatic heterocycles. The Hall–Kier alpha value is -2.56. The second-order valence-electron chi connectivity index (χ2n) is 8.98. The van der Waals surface area contributed by atoms with Crippen molar-refractivity contribution in [3.05, 3.63) is 34.5 Å². The molecule has 196 valence electrons. The van der Waals surface area contributed by atoms with E-state index in [4.69, 9.17) is 26.4 Å². The van der Waals surface area contributed by atoms with Gasteiger partial charge in [0.05, 0.1) is 6.61 Å². The number of anilines is 1. The number of nitrogens with one attached hydrogen (secondary N) is 3. The van der Waals surface area contributed by atoms with E-state index >= 15 is 0 Å². The van der Waals surface area contributed by atoms with Crippen LogP contribution >= 0.6 is 23.6 Å². The summed E-state index contributed by atoms with van der Waals surface area (Å²) in [4.78, 5) is 16.0. The molecule has 0 atom stereocenters. The maximum absolute atomic E-state index is 12.1. The van der Waals surface area contributed by atoms with Gasteiger partial charge in [0.15, 0.2) is 16.6 Å². The van der Waals surface area contributed by atoms with E-state index in [0.29, 0.717) is 56.6 Å². The van der Waals surface area contributed by atoms with Gasteiger partial charge in [-0.2, -0.15) is 0 Å². The highest BCUT2D eigenvalue weighted by atomic mass is 32.1. The molecule has 2 aliphatic rings.